The Labute approximate surface area is 218 Å². The topological polar surface area (TPSA) is 123 Å². The van der Waals surface area contributed by atoms with Gasteiger partial charge in [-0.25, -0.2) is 4.79 Å². The molecule has 206 valence electrons. The number of hydrogen-bond donors (Lipinski definition) is 3. The second-order valence-electron chi connectivity index (χ2n) is 13.2. The van der Waals surface area contributed by atoms with Crippen LogP contribution in [0.2, 0.25) is 0 Å². The van der Waals surface area contributed by atoms with Gasteiger partial charge in [0.2, 0.25) is 0 Å². The van der Waals surface area contributed by atoms with Gasteiger partial charge in [-0.2, -0.15) is 0 Å². The molecular formula is C29H42O8. The molecule has 6 rings (SSSR count). The van der Waals surface area contributed by atoms with E-state index < -0.39 is 29.0 Å². The Morgan fingerprint density at radius 1 is 1.05 bits per heavy atom. The number of esters is 1. The Kier molecular flexibility index (Phi) is 6.20. The summed E-state index contributed by atoms with van der Waals surface area (Å²) >= 11 is 0. The van der Waals surface area contributed by atoms with Crippen LogP contribution in [0.1, 0.15) is 84.5 Å². The van der Waals surface area contributed by atoms with Crippen LogP contribution in [0.25, 0.3) is 0 Å². The molecule has 11 atom stereocenters. The molecule has 0 aromatic carbocycles. The predicted molar refractivity (Wildman–Crippen MR) is 132 cm³/mol. The smallest absolute Gasteiger partial charge is 0.331 e. The Balaban J connectivity index is 1.23. The lowest BCUT2D eigenvalue weighted by atomic mass is 9.41. The number of ether oxygens (including phenoxy) is 3. The van der Waals surface area contributed by atoms with E-state index in [0.717, 1.165) is 31.1 Å². The van der Waals surface area contributed by atoms with Crippen LogP contribution in [-0.2, 0) is 23.8 Å². The zero-order valence-corrected chi connectivity index (χ0v) is 22.1. The number of hydrogen-bond acceptors (Lipinski definition) is 8. The van der Waals surface area contributed by atoms with E-state index in [9.17, 15) is 24.9 Å². The van der Waals surface area contributed by atoms with Crippen molar-refractivity contribution in [3.05, 3.63) is 11.6 Å². The summed E-state index contributed by atoms with van der Waals surface area (Å²) in [6.45, 7) is 4.39. The van der Waals surface area contributed by atoms with E-state index in [2.05, 4.69) is 6.92 Å². The van der Waals surface area contributed by atoms with Crippen molar-refractivity contribution in [3.63, 3.8) is 0 Å². The van der Waals surface area contributed by atoms with Crippen LogP contribution in [0.15, 0.2) is 11.6 Å². The van der Waals surface area contributed by atoms with Crippen molar-refractivity contribution < 1.29 is 39.1 Å². The summed E-state index contributed by atoms with van der Waals surface area (Å²) < 4.78 is 17.3. The van der Waals surface area contributed by atoms with Gasteiger partial charge in [0.05, 0.1) is 34.9 Å². The van der Waals surface area contributed by atoms with Gasteiger partial charge < -0.3 is 34.3 Å². The number of rotatable bonds is 4. The summed E-state index contributed by atoms with van der Waals surface area (Å²) in [5, 5.41) is 34.6. The monoisotopic (exact) mass is 518 g/mol. The predicted octanol–water partition coefficient (Wildman–Crippen LogP) is 2.81. The molecule has 0 aromatic rings. The number of carbonyl (C=O) groups is 2. The van der Waals surface area contributed by atoms with Gasteiger partial charge >= 0.3 is 5.97 Å². The fourth-order valence-corrected chi connectivity index (χ4v) is 9.81. The molecule has 2 heterocycles. The van der Waals surface area contributed by atoms with Gasteiger partial charge in [0.25, 0.3) is 0 Å². The minimum Gasteiger partial charge on any atom is -0.458 e. The molecule has 6 aliphatic rings. The van der Waals surface area contributed by atoms with Crippen molar-refractivity contribution in [2.75, 3.05) is 6.61 Å². The molecule has 8 heteroatoms. The highest BCUT2D eigenvalue weighted by Crippen LogP contribution is 2.70. The Morgan fingerprint density at radius 2 is 1.84 bits per heavy atom. The van der Waals surface area contributed by atoms with Gasteiger partial charge in [-0.3, -0.25) is 0 Å². The fraction of sp³-hybridized carbons (Fsp3) is 0.862. The zero-order valence-electron chi connectivity index (χ0n) is 22.1. The minimum atomic E-state index is -1.19. The standard InChI is InChI=1S/C29H42O8/c1-17-11-19(31)13-25(36-17)37-20-3-8-27(16-30)22-4-7-26(2)21(18-12-24(32)35-15-18)6-10-29(26,34)23(22)5-9-28(27,33)14-20/h12,16-17,19-23,25,31,33-34H,3-11,13-15H2,1-2H3. The summed E-state index contributed by atoms with van der Waals surface area (Å²) in [5.41, 5.74) is -2.43. The van der Waals surface area contributed by atoms with Crippen molar-refractivity contribution in [1.82, 2.24) is 0 Å². The van der Waals surface area contributed by atoms with E-state index in [0.29, 0.717) is 58.0 Å². The molecule has 0 aromatic heterocycles. The average Bonchev–Trinajstić information content (AvgIpc) is 3.37. The molecule has 1 saturated heterocycles. The number of cyclic esters (lactones) is 1. The van der Waals surface area contributed by atoms with Crippen LogP contribution >= 0.6 is 0 Å². The molecule has 4 aliphatic carbocycles. The third-order valence-corrected chi connectivity index (χ3v) is 11.6. The Morgan fingerprint density at radius 3 is 2.54 bits per heavy atom. The zero-order chi connectivity index (χ0) is 26.2. The summed E-state index contributed by atoms with van der Waals surface area (Å²) in [4.78, 5) is 24.7. The normalized spacial score (nSPS) is 53.5. The molecule has 0 spiro atoms. The van der Waals surface area contributed by atoms with Crippen molar-refractivity contribution >= 4 is 12.3 Å². The van der Waals surface area contributed by atoms with E-state index >= 15 is 0 Å². The van der Waals surface area contributed by atoms with Gasteiger partial charge in [0, 0.05) is 24.3 Å². The summed E-state index contributed by atoms with van der Waals surface area (Å²) in [6, 6.07) is 0. The summed E-state index contributed by atoms with van der Waals surface area (Å²) in [5.74, 6) is -0.373. The van der Waals surface area contributed by atoms with Crippen molar-refractivity contribution in [3.8, 4) is 0 Å². The van der Waals surface area contributed by atoms with Crippen LogP contribution in [0.3, 0.4) is 0 Å². The lowest BCUT2D eigenvalue weighted by Crippen LogP contribution is -2.69. The number of aldehydes is 1. The first-order valence-electron chi connectivity index (χ1n) is 14.3. The van der Waals surface area contributed by atoms with Crippen LogP contribution in [0, 0.1) is 28.6 Å². The lowest BCUT2D eigenvalue weighted by molar-refractivity contribution is -0.274. The average molecular weight is 519 g/mol. The molecule has 11 unspecified atom stereocenters. The maximum Gasteiger partial charge on any atom is 0.331 e. The molecule has 4 saturated carbocycles. The van der Waals surface area contributed by atoms with E-state index in [-0.39, 0.29) is 41.3 Å². The molecule has 0 radical (unpaired) electrons. The highest BCUT2D eigenvalue weighted by Gasteiger charge is 2.71. The second-order valence-corrected chi connectivity index (χ2v) is 13.2. The quantitative estimate of drug-likeness (QED) is 0.295. The van der Waals surface area contributed by atoms with Gasteiger partial charge in [-0.05, 0) is 88.0 Å². The van der Waals surface area contributed by atoms with Gasteiger partial charge in [-0.15, -0.1) is 0 Å². The summed E-state index contributed by atoms with van der Waals surface area (Å²) in [7, 11) is 0. The highest BCUT2D eigenvalue weighted by atomic mass is 16.7. The molecule has 3 N–H and O–H groups in total. The fourth-order valence-electron chi connectivity index (χ4n) is 9.81. The molecule has 8 nitrogen and oxygen atoms in total. The first-order valence-corrected chi connectivity index (χ1v) is 14.3. The van der Waals surface area contributed by atoms with Gasteiger partial charge in [-0.1, -0.05) is 6.92 Å². The molecule has 0 amide bonds. The van der Waals surface area contributed by atoms with Crippen molar-refractivity contribution in [2.24, 2.45) is 28.6 Å². The first-order chi connectivity index (χ1) is 17.5. The number of aliphatic hydroxyl groups excluding tert-OH is 1. The van der Waals surface area contributed by atoms with Crippen LogP contribution in [0.5, 0.6) is 0 Å². The highest BCUT2D eigenvalue weighted by molar-refractivity contribution is 5.85. The second kappa shape index (κ2) is 8.85. The molecular weight excluding hydrogens is 476 g/mol. The largest absolute Gasteiger partial charge is 0.458 e. The maximum atomic E-state index is 12.9. The van der Waals surface area contributed by atoms with Gasteiger partial charge in [0.1, 0.15) is 12.9 Å². The summed E-state index contributed by atoms with van der Waals surface area (Å²) in [6.07, 6.45) is 7.94. The number of carbonyl (C=O) groups excluding carboxylic acids is 2. The van der Waals surface area contributed by atoms with Crippen LogP contribution < -0.4 is 0 Å². The van der Waals surface area contributed by atoms with Crippen molar-refractivity contribution in [1.29, 1.82) is 0 Å². The number of fused-ring (bicyclic) bond motifs is 5. The molecule has 0 bridgehead atoms. The third-order valence-electron chi connectivity index (χ3n) is 11.6. The minimum absolute atomic E-state index is 0.0736. The molecule has 5 fully saturated rings. The maximum absolute atomic E-state index is 12.9. The molecule has 2 aliphatic heterocycles. The van der Waals surface area contributed by atoms with Crippen LogP contribution in [-0.4, -0.2) is 70.0 Å². The Hall–Kier alpha value is -1.32. The van der Waals surface area contributed by atoms with E-state index in [1.807, 2.05) is 6.92 Å². The molecule has 37 heavy (non-hydrogen) atoms. The van der Waals surface area contributed by atoms with E-state index in [1.165, 1.54) is 0 Å². The van der Waals surface area contributed by atoms with Crippen molar-refractivity contribution in [2.45, 2.75) is 120 Å². The SMILES string of the molecule is CC1CC(O)CC(OC2CCC3(C=O)C4CCC5(C)C(C6=CC(=O)OC6)CCC5(O)C4CCC3(O)C2)O1. The number of aliphatic hydroxyl groups is 3. The first kappa shape index (κ1) is 25.9. The van der Waals surface area contributed by atoms with E-state index in [4.69, 9.17) is 14.2 Å². The van der Waals surface area contributed by atoms with Gasteiger partial charge in [0.15, 0.2) is 6.29 Å². The lowest BCUT2D eigenvalue weighted by Gasteiger charge is -2.65. The Bertz CT molecular complexity index is 971. The third kappa shape index (κ3) is 3.73. The van der Waals surface area contributed by atoms with E-state index in [1.54, 1.807) is 6.08 Å². The van der Waals surface area contributed by atoms with Crippen LogP contribution in [0.4, 0.5) is 0 Å².